The van der Waals surface area contributed by atoms with Crippen molar-refractivity contribution in [2.24, 2.45) is 10.1 Å². The topological polar surface area (TPSA) is 161 Å². The predicted molar refractivity (Wildman–Crippen MR) is 141 cm³/mol. The number of aliphatic hydroxyl groups is 2. The molecule has 0 spiro atoms. The fourth-order valence-corrected chi connectivity index (χ4v) is 4.64. The second-order valence-electron chi connectivity index (χ2n) is 9.63. The van der Waals surface area contributed by atoms with Gasteiger partial charge in [-0.15, -0.1) is 0 Å². The first-order valence-corrected chi connectivity index (χ1v) is 12.9. The molecule has 1 atom stereocenters. The first kappa shape index (κ1) is 27.4. The third-order valence-corrected chi connectivity index (χ3v) is 6.85. The van der Waals surface area contributed by atoms with Crippen LogP contribution < -0.4 is 15.6 Å². The molecule has 4 N–H and O–H groups in total. The summed E-state index contributed by atoms with van der Waals surface area (Å²) in [4.78, 5) is 21.3. The number of nitrogens with one attached hydrogen (secondary N) is 2. The molecular weight excluding hydrogens is 488 g/mol. The highest BCUT2D eigenvalue weighted by Gasteiger charge is 2.45. The Hall–Kier alpha value is -3.63. The molecule has 11 heteroatoms. The molecule has 1 heterocycles. The van der Waals surface area contributed by atoms with Gasteiger partial charge >= 0.3 is 0 Å². The van der Waals surface area contributed by atoms with Crippen LogP contribution in [0.5, 0.6) is 5.75 Å². The SMILES string of the molecule is [N-]=[N+]=NCc1ccccc1C[C@@]1(C(=O)NNC2CCC(O)CC2)COC(c2ccc(OCCCO)cc2)=N1. The molecule has 4 rings (SSSR count). The third-order valence-electron chi connectivity index (χ3n) is 6.85. The minimum atomic E-state index is -1.24. The van der Waals surface area contributed by atoms with Crippen LogP contribution >= 0.6 is 0 Å². The van der Waals surface area contributed by atoms with E-state index >= 15 is 0 Å². The Labute approximate surface area is 221 Å². The first-order valence-electron chi connectivity index (χ1n) is 12.9. The number of amides is 1. The average molecular weight is 523 g/mol. The van der Waals surface area contributed by atoms with Gasteiger partial charge in [0.15, 0.2) is 5.54 Å². The number of nitrogens with zero attached hydrogens (tertiary/aromatic N) is 4. The third kappa shape index (κ3) is 7.02. The van der Waals surface area contributed by atoms with E-state index in [2.05, 4.69) is 20.9 Å². The second-order valence-corrected chi connectivity index (χ2v) is 9.63. The molecule has 1 amide bonds. The number of carbonyl (C=O) groups excluding carboxylic acids is 1. The second kappa shape index (κ2) is 13.3. The molecule has 1 fully saturated rings. The van der Waals surface area contributed by atoms with Crippen LogP contribution in [0.15, 0.2) is 58.6 Å². The van der Waals surface area contributed by atoms with E-state index in [9.17, 15) is 9.90 Å². The summed E-state index contributed by atoms with van der Waals surface area (Å²) in [5, 5.41) is 22.4. The van der Waals surface area contributed by atoms with Crippen molar-refractivity contribution >= 4 is 11.8 Å². The minimum Gasteiger partial charge on any atom is -0.494 e. The highest BCUT2D eigenvalue weighted by molar-refractivity contribution is 6.00. The molecular formula is C27H34N6O5. The largest absolute Gasteiger partial charge is 0.494 e. The fourth-order valence-electron chi connectivity index (χ4n) is 4.64. The highest BCUT2D eigenvalue weighted by atomic mass is 16.5. The lowest BCUT2D eigenvalue weighted by molar-refractivity contribution is -0.128. The highest BCUT2D eigenvalue weighted by Crippen LogP contribution is 2.29. The lowest BCUT2D eigenvalue weighted by atomic mass is 9.89. The molecule has 2 aliphatic rings. The van der Waals surface area contributed by atoms with Crippen LogP contribution in [0.3, 0.4) is 0 Å². The summed E-state index contributed by atoms with van der Waals surface area (Å²) in [6.45, 7) is 0.696. The molecule has 0 radical (unpaired) electrons. The Morgan fingerprint density at radius 2 is 1.89 bits per heavy atom. The number of rotatable bonds is 12. The molecule has 0 aromatic heterocycles. The number of aliphatic hydroxyl groups excluding tert-OH is 2. The van der Waals surface area contributed by atoms with E-state index in [1.54, 1.807) is 12.1 Å². The van der Waals surface area contributed by atoms with Gasteiger partial charge in [0.25, 0.3) is 5.91 Å². The number of azide groups is 1. The smallest absolute Gasteiger partial charge is 0.266 e. The monoisotopic (exact) mass is 522 g/mol. The zero-order valence-electron chi connectivity index (χ0n) is 21.3. The molecule has 2 aromatic carbocycles. The Bertz CT molecular complexity index is 1160. The average Bonchev–Trinajstić information content (AvgIpc) is 3.38. The van der Waals surface area contributed by atoms with Crippen LogP contribution in [0.2, 0.25) is 0 Å². The zero-order valence-corrected chi connectivity index (χ0v) is 21.3. The van der Waals surface area contributed by atoms with E-state index in [1.807, 2.05) is 36.4 Å². The summed E-state index contributed by atoms with van der Waals surface area (Å²) in [5.74, 6) is 0.704. The Kier molecular flexibility index (Phi) is 9.56. The van der Waals surface area contributed by atoms with E-state index in [0.717, 1.165) is 24.0 Å². The van der Waals surface area contributed by atoms with Gasteiger partial charge in [0, 0.05) is 36.0 Å². The fraction of sp³-hybridized carbons (Fsp3) is 0.481. The van der Waals surface area contributed by atoms with Crippen molar-refractivity contribution in [1.82, 2.24) is 10.9 Å². The standard InChI is InChI=1S/C27H34N6O5/c28-33-29-17-21-5-2-1-4-20(21)16-27(26(36)32-31-22-8-10-23(35)11-9-22)18-38-25(30-27)19-6-12-24(13-7-19)37-15-3-14-34/h1-2,4-7,12-13,22-23,31,34-35H,3,8-11,14-18H2,(H,32,36)/t22?,23?,27-/m0/s1. The lowest BCUT2D eigenvalue weighted by Gasteiger charge is -2.29. The number of hydrazine groups is 1. The van der Waals surface area contributed by atoms with Gasteiger partial charge in [-0.05, 0) is 66.6 Å². The van der Waals surface area contributed by atoms with Crippen LogP contribution in [0.4, 0.5) is 0 Å². The summed E-state index contributed by atoms with van der Waals surface area (Å²) in [6, 6.07) is 14.8. The summed E-state index contributed by atoms with van der Waals surface area (Å²) >= 11 is 0. The van der Waals surface area contributed by atoms with Gasteiger partial charge in [-0.1, -0.05) is 29.4 Å². The normalized spacial score (nSPS) is 22.6. The van der Waals surface area contributed by atoms with E-state index in [1.165, 1.54) is 0 Å². The number of benzene rings is 2. The van der Waals surface area contributed by atoms with Crippen LogP contribution in [-0.4, -0.2) is 59.5 Å². The van der Waals surface area contributed by atoms with Crippen LogP contribution in [0.1, 0.15) is 48.8 Å². The van der Waals surface area contributed by atoms with Gasteiger partial charge < -0.3 is 19.7 Å². The molecule has 1 aliphatic heterocycles. The Balaban J connectivity index is 1.56. The van der Waals surface area contributed by atoms with E-state index < -0.39 is 5.54 Å². The van der Waals surface area contributed by atoms with Crippen LogP contribution in [0, 0.1) is 0 Å². The minimum absolute atomic E-state index is 0.0455. The number of hydrogen-bond acceptors (Lipinski definition) is 8. The molecule has 11 nitrogen and oxygen atoms in total. The van der Waals surface area contributed by atoms with Crippen LogP contribution in [-0.2, 0) is 22.5 Å². The van der Waals surface area contributed by atoms with Crippen molar-refractivity contribution in [3.05, 3.63) is 75.7 Å². The number of aliphatic imine (C=N–C) groups is 1. The van der Waals surface area contributed by atoms with Gasteiger partial charge in [0.05, 0.1) is 19.3 Å². The van der Waals surface area contributed by atoms with Gasteiger partial charge in [0.1, 0.15) is 12.4 Å². The van der Waals surface area contributed by atoms with Crippen molar-refractivity contribution in [3.8, 4) is 5.75 Å². The molecule has 0 bridgehead atoms. The van der Waals surface area contributed by atoms with Crippen molar-refractivity contribution in [2.75, 3.05) is 19.8 Å². The van der Waals surface area contributed by atoms with Crippen molar-refractivity contribution in [1.29, 1.82) is 0 Å². The quantitative estimate of drug-likeness (QED) is 0.110. The van der Waals surface area contributed by atoms with Gasteiger partial charge in [-0.3, -0.25) is 10.2 Å². The molecule has 1 saturated carbocycles. The maximum Gasteiger partial charge on any atom is 0.266 e. The van der Waals surface area contributed by atoms with Gasteiger partial charge in [-0.2, -0.15) is 0 Å². The van der Waals surface area contributed by atoms with Gasteiger partial charge in [-0.25, -0.2) is 10.4 Å². The maximum atomic E-state index is 13.6. The summed E-state index contributed by atoms with van der Waals surface area (Å²) in [5.41, 5.74) is 15.9. The van der Waals surface area contributed by atoms with E-state index in [4.69, 9.17) is 25.1 Å². The van der Waals surface area contributed by atoms with Crippen molar-refractivity contribution in [2.45, 2.75) is 62.8 Å². The van der Waals surface area contributed by atoms with Gasteiger partial charge in [0.2, 0.25) is 5.90 Å². The van der Waals surface area contributed by atoms with Crippen LogP contribution in [0.25, 0.3) is 10.4 Å². The summed E-state index contributed by atoms with van der Waals surface area (Å²) < 4.78 is 11.6. The Morgan fingerprint density at radius 3 is 2.61 bits per heavy atom. The molecule has 2 aromatic rings. The summed E-state index contributed by atoms with van der Waals surface area (Å²) in [7, 11) is 0. The Morgan fingerprint density at radius 1 is 1.16 bits per heavy atom. The number of ether oxygens (including phenoxy) is 2. The van der Waals surface area contributed by atoms with E-state index in [-0.39, 0.29) is 44.2 Å². The lowest BCUT2D eigenvalue weighted by Crippen LogP contribution is -2.55. The van der Waals surface area contributed by atoms with E-state index in [0.29, 0.717) is 43.1 Å². The molecule has 1 aliphatic carbocycles. The van der Waals surface area contributed by atoms with Crippen molar-refractivity contribution < 1.29 is 24.5 Å². The summed E-state index contributed by atoms with van der Waals surface area (Å²) in [6.07, 6.45) is 3.43. The molecule has 0 saturated heterocycles. The molecule has 202 valence electrons. The predicted octanol–water partition coefficient (Wildman–Crippen LogP) is 2.94. The first-order chi connectivity index (χ1) is 18.5. The molecule has 38 heavy (non-hydrogen) atoms. The van der Waals surface area contributed by atoms with Crippen molar-refractivity contribution in [3.63, 3.8) is 0 Å². The molecule has 0 unspecified atom stereocenters. The number of hydrogen-bond donors (Lipinski definition) is 4. The zero-order chi connectivity index (χ0) is 26.8. The maximum absolute atomic E-state index is 13.6. The number of carbonyl (C=O) groups is 1.